The Hall–Kier alpha value is -0.940. The Morgan fingerprint density at radius 1 is 1.60 bits per heavy atom. The van der Waals surface area contributed by atoms with Gasteiger partial charge in [-0.15, -0.1) is 0 Å². The first-order valence-electron chi connectivity index (χ1n) is 5.57. The van der Waals surface area contributed by atoms with E-state index < -0.39 is 0 Å². The van der Waals surface area contributed by atoms with Crippen LogP contribution in [0.4, 0.5) is 0 Å². The van der Waals surface area contributed by atoms with E-state index in [-0.39, 0.29) is 12.1 Å². The largest absolute Gasteiger partial charge is 0.338 e. The summed E-state index contributed by atoms with van der Waals surface area (Å²) in [6, 6.07) is 0.322. The van der Waals surface area contributed by atoms with Gasteiger partial charge in [0.1, 0.15) is 0 Å². The van der Waals surface area contributed by atoms with Crippen LogP contribution >= 0.6 is 0 Å². The molecule has 2 unspecified atom stereocenters. The maximum Gasteiger partial charge on any atom is 0.243 e. The summed E-state index contributed by atoms with van der Waals surface area (Å²) in [7, 11) is 0. The predicted molar refractivity (Wildman–Crippen MR) is 56.2 cm³/mol. The summed E-state index contributed by atoms with van der Waals surface area (Å²) in [5, 5.41) is 7.30. The maximum atomic E-state index is 5.67. The first-order valence-corrected chi connectivity index (χ1v) is 5.57. The quantitative estimate of drug-likeness (QED) is 0.770. The number of rotatable bonds is 3. The van der Waals surface area contributed by atoms with Gasteiger partial charge >= 0.3 is 0 Å². The lowest BCUT2D eigenvalue weighted by atomic mass is 10.1. The van der Waals surface area contributed by atoms with Crippen LogP contribution in [-0.4, -0.2) is 22.7 Å². The second-order valence-corrected chi connectivity index (χ2v) is 4.23. The Morgan fingerprint density at radius 3 is 3.13 bits per heavy atom. The van der Waals surface area contributed by atoms with Crippen molar-refractivity contribution in [2.45, 2.75) is 44.7 Å². The summed E-state index contributed by atoms with van der Waals surface area (Å²) in [5.74, 6) is 1.43. The lowest BCUT2D eigenvalue weighted by molar-refractivity contribution is 0.295. The highest BCUT2D eigenvalue weighted by Gasteiger charge is 2.20. The van der Waals surface area contributed by atoms with Gasteiger partial charge in [-0.1, -0.05) is 11.6 Å². The third-order valence-corrected chi connectivity index (χ3v) is 2.60. The minimum Gasteiger partial charge on any atom is -0.338 e. The van der Waals surface area contributed by atoms with Crippen molar-refractivity contribution >= 4 is 0 Å². The Balaban J connectivity index is 1.99. The second kappa shape index (κ2) is 4.72. The molecule has 2 rings (SSSR count). The number of aromatic nitrogens is 2. The van der Waals surface area contributed by atoms with Crippen LogP contribution in [0.25, 0.3) is 0 Å². The van der Waals surface area contributed by atoms with E-state index in [0.717, 1.165) is 13.0 Å². The molecule has 1 aromatic rings. The van der Waals surface area contributed by atoms with E-state index in [1.807, 2.05) is 6.92 Å². The fourth-order valence-electron chi connectivity index (χ4n) is 1.84. The summed E-state index contributed by atoms with van der Waals surface area (Å²) < 4.78 is 5.23. The molecular weight excluding hydrogens is 192 g/mol. The lowest BCUT2D eigenvalue weighted by Gasteiger charge is -2.19. The molecule has 15 heavy (non-hydrogen) atoms. The van der Waals surface area contributed by atoms with Crippen LogP contribution in [-0.2, 0) is 6.42 Å². The fraction of sp³-hybridized carbons (Fsp3) is 0.800. The smallest absolute Gasteiger partial charge is 0.243 e. The van der Waals surface area contributed by atoms with Gasteiger partial charge < -0.3 is 15.6 Å². The Kier molecular flexibility index (Phi) is 3.33. The number of nitrogens with two attached hydrogens (primary N) is 1. The van der Waals surface area contributed by atoms with Crippen molar-refractivity contribution < 1.29 is 4.52 Å². The summed E-state index contributed by atoms with van der Waals surface area (Å²) in [6.07, 6.45) is 4.22. The predicted octanol–water partition coefficient (Wildman–Crippen LogP) is 0.774. The number of hydrogen-bond acceptors (Lipinski definition) is 5. The summed E-state index contributed by atoms with van der Waals surface area (Å²) in [4.78, 5) is 4.35. The van der Waals surface area contributed by atoms with Crippen LogP contribution in [0.1, 0.15) is 43.9 Å². The number of hydrogen-bond donors (Lipinski definition) is 2. The molecule has 1 aliphatic rings. The van der Waals surface area contributed by atoms with E-state index in [0.29, 0.717) is 18.1 Å². The molecule has 84 valence electrons. The fourth-order valence-corrected chi connectivity index (χ4v) is 1.84. The van der Waals surface area contributed by atoms with E-state index >= 15 is 0 Å². The van der Waals surface area contributed by atoms with E-state index in [4.69, 9.17) is 10.3 Å². The molecule has 2 atom stereocenters. The third kappa shape index (κ3) is 2.76. The highest BCUT2D eigenvalue weighted by atomic mass is 16.5. The maximum absolute atomic E-state index is 5.67. The van der Waals surface area contributed by atoms with Crippen molar-refractivity contribution in [3.05, 3.63) is 11.7 Å². The number of nitrogens with one attached hydrogen (secondary N) is 1. The summed E-state index contributed by atoms with van der Waals surface area (Å²) >= 11 is 0. The zero-order valence-electron chi connectivity index (χ0n) is 9.07. The Bertz CT molecular complexity index is 304. The van der Waals surface area contributed by atoms with Crippen LogP contribution in [0.3, 0.4) is 0 Å². The topological polar surface area (TPSA) is 77.0 Å². The third-order valence-electron chi connectivity index (χ3n) is 2.60. The molecule has 0 bridgehead atoms. The van der Waals surface area contributed by atoms with Crippen molar-refractivity contribution in [1.29, 1.82) is 0 Å². The molecule has 1 aliphatic heterocycles. The Morgan fingerprint density at radius 2 is 2.47 bits per heavy atom. The standard InChI is InChI=1S/C10H18N4O/c1-7(11)6-9-13-10(15-14-9)8-4-2-3-5-12-8/h7-8,12H,2-6,11H2,1H3. The first-order chi connectivity index (χ1) is 7.25. The van der Waals surface area contributed by atoms with Gasteiger partial charge in [0.2, 0.25) is 5.89 Å². The molecule has 0 saturated carbocycles. The van der Waals surface area contributed by atoms with Crippen LogP contribution < -0.4 is 11.1 Å². The highest BCUT2D eigenvalue weighted by molar-refractivity contribution is 4.95. The molecule has 2 heterocycles. The molecule has 0 aliphatic carbocycles. The zero-order chi connectivity index (χ0) is 10.7. The highest BCUT2D eigenvalue weighted by Crippen LogP contribution is 2.21. The van der Waals surface area contributed by atoms with Crippen molar-refractivity contribution in [2.75, 3.05) is 6.54 Å². The van der Waals surface area contributed by atoms with E-state index in [9.17, 15) is 0 Å². The van der Waals surface area contributed by atoms with Gasteiger partial charge in [0.25, 0.3) is 0 Å². The molecule has 5 nitrogen and oxygen atoms in total. The molecule has 0 spiro atoms. The van der Waals surface area contributed by atoms with E-state index in [1.165, 1.54) is 12.8 Å². The number of piperidine rings is 1. The molecule has 3 N–H and O–H groups in total. The minimum absolute atomic E-state index is 0.0785. The van der Waals surface area contributed by atoms with Crippen LogP contribution in [0, 0.1) is 0 Å². The number of nitrogens with zero attached hydrogens (tertiary/aromatic N) is 2. The van der Waals surface area contributed by atoms with Crippen molar-refractivity contribution in [3.63, 3.8) is 0 Å². The van der Waals surface area contributed by atoms with Crippen molar-refractivity contribution in [2.24, 2.45) is 5.73 Å². The van der Waals surface area contributed by atoms with Crippen molar-refractivity contribution in [3.8, 4) is 0 Å². The molecule has 0 aromatic carbocycles. The first kappa shape index (κ1) is 10.6. The molecule has 1 aromatic heterocycles. The van der Waals surface area contributed by atoms with Gasteiger partial charge in [-0.3, -0.25) is 0 Å². The molecule has 0 radical (unpaired) electrons. The van der Waals surface area contributed by atoms with Gasteiger partial charge in [-0.2, -0.15) is 4.98 Å². The van der Waals surface area contributed by atoms with Gasteiger partial charge in [0.15, 0.2) is 5.82 Å². The molecule has 5 heteroatoms. The summed E-state index contributed by atoms with van der Waals surface area (Å²) in [5.41, 5.74) is 5.67. The van der Waals surface area contributed by atoms with Gasteiger partial charge in [0, 0.05) is 12.5 Å². The average Bonchev–Trinajstić information content (AvgIpc) is 2.67. The minimum atomic E-state index is 0.0785. The zero-order valence-corrected chi connectivity index (χ0v) is 9.07. The van der Waals surface area contributed by atoms with Gasteiger partial charge in [-0.05, 0) is 26.3 Å². The lowest BCUT2D eigenvalue weighted by Crippen LogP contribution is -2.27. The van der Waals surface area contributed by atoms with E-state index in [2.05, 4.69) is 15.5 Å². The van der Waals surface area contributed by atoms with E-state index in [1.54, 1.807) is 0 Å². The second-order valence-electron chi connectivity index (χ2n) is 4.23. The molecule has 1 fully saturated rings. The molecule has 0 amide bonds. The van der Waals surface area contributed by atoms with Gasteiger partial charge in [0.05, 0.1) is 6.04 Å². The molecular formula is C10H18N4O. The SMILES string of the molecule is CC(N)Cc1noc(C2CCCCN2)n1. The monoisotopic (exact) mass is 210 g/mol. The van der Waals surface area contributed by atoms with Crippen LogP contribution in [0.2, 0.25) is 0 Å². The normalized spacial score (nSPS) is 24.0. The van der Waals surface area contributed by atoms with Crippen molar-refractivity contribution in [1.82, 2.24) is 15.5 Å². The Labute approximate surface area is 89.4 Å². The van der Waals surface area contributed by atoms with Crippen LogP contribution in [0.5, 0.6) is 0 Å². The molecule has 1 saturated heterocycles. The average molecular weight is 210 g/mol. The van der Waals surface area contributed by atoms with Gasteiger partial charge in [-0.25, -0.2) is 0 Å². The van der Waals surface area contributed by atoms with Crippen LogP contribution in [0.15, 0.2) is 4.52 Å². The summed E-state index contributed by atoms with van der Waals surface area (Å²) in [6.45, 7) is 2.98.